The molecule has 3 aromatic rings. The summed E-state index contributed by atoms with van der Waals surface area (Å²) >= 11 is 6.81. The quantitative estimate of drug-likeness (QED) is 0.273. The van der Waals surface area contributed by atoms with Crippen LogP contribution in [0.5, 0.6) is 0 Å². The van der Waals surface area contributed by atoms with Gasteiger partial charge in [0.25, 0.3) is 0 Å². The third-order valence-electron chi connectivity index (χ3n) is 6.31. The highest BCUT2D eigenvalue weighted by molar-refractivity contribution is 9.10. The molecule has 0 radical (unpaired) electrons. The van der Waals surface area contributed by atoms with Gasteiger partial charge in [-0.15, -0.1) is 0 Å². The average Bonchev–Trinajstić information content (AvgIpc) is 2.90. The van der Waals surface area contributed by atoms with Crippen molar-refractivity contribution in [3.8, 4) is 0 Å². The van der Waals surface area contributed by atoms with Gasteiger partial charge in [0.05, 0.1) is 11.9 Å². The maximum absolute atomic E-state index is 14.0. The van der Waals surface area contributed by atoms with Crippen molar-refractivity contribution in [3.63, 3.8) is 0 Å². The molecule has 3 rings (SSSR count). The van der Waals surface area contributed by atoms with E-state index in [4.69, 9.17) is 0 Å². The molecule has 7 nitrogen and oxygen atoms in total. The van der Waals surface area contributed by atoms with Crippen LogP contribution in [0.4, 0.5) is 5.69 Å². The maximum Gasteiger partial charge on any atom is 0.244 e. The fourth-order valence-corrected chi connectivity index (χ4v) is 5.52. The van der Waals surface area contributed by atoms with E-state index in [0.29, 0.717) is 10.2 Å². The Balaban J connectivity index is 2.05. The number of carbonyl (C=O) groups is 2. The Kier molecular flexibility index (Phi) is 11.1. The smallest absolute Gasteiger partial charge is 0.244 e. The summed E-state index contributed by atoms with van der Waals surface area (Å²) in [5, 5.41) is 3.02. The normalized spacial score (nSPS) is 12.8. The number of amides is 2. The number of nitrogens with one attached hydrogen (secondary N) is 1. The molecule has 3 aromatic carbocycles. The molecule has 0 aliphatic heterocycles. The van der Waals surface area contributed by atoms with Crippen LogP contribution in [0.2, 0.25) is 0 Å². The highest BCUT2D eigenvalue weighted by atomic mass is 79.9. The molecule has 0 saturated carbocycles. The second-order valence-electron chi connectivity index (χ2n) is 9.42. The summed E-state index contributed by atoms with van der Waals surface area (Å²) in [4.78, 5) is 29.2. The first-order chi connectivity index (χ1) is 18.5. The Hall–Kier alpha value is -2.69. The van der Waals surface area contributed by atoms with Crippen molar-refractivity contribution in [2.75, 3.05) is 17.1 Å². The van der Waals surface area contributed by atoms with Gasteiger partial charge in [-0.3, -0.25) is 13.9 Å². The van der Waals surface area contributed by atoms with E-state index in [2.05, 4.69) is 37.2 Å². The van der Waals surface area contributed by atoms with Gasteiger partial charge < -0.3 is 10.2 Å². The zero-order valence-electron chi connectivity index (χ0n) is 22.2. The van der Waals surface area contributed by atoms with Gasteiger partial charge in [-0.05, 0) is 54.8 Å². The number of sulfonamides is 1. The number of halogens is 2. The summed E-state index contributed by atoms with van der Waals surface area (Å²) in [6.07, 6.45) is 2.08. The number of rotatable bonds is 12. The summed E-state index contributed by atoms with van der Waals surface area (Å²) in [6.45, 7) is 3.57. The highest BCUT2D eigenvalue weighted by Crippen LogP contribution is 2.24. The lowest BCUT2D eigenvalue weighted by Gasteiger charge is -2.34. The van der Waals surface area contributed by atoms with Crippen molar-refractivity contribution in [2.45, 2.75) is 45.3 Å². The van der Waals surface area contributed by atoms with Crippen LogP contribution in [0.3, 0.4) is 0 Å². The van der Waals surface area contributed by atoms with Crippen molar-refractivity contribution in [1.29, 1.82) is 0 Å². The predicted octanol–water partition coefficient (Wildman–Crippen LogP) is 5.53. The molecule has 2 amide bonds. The molecule has 39 heavy (non-hydrogen) atoms. The number of nitrogens with zero attached hydrogens (tertiary/aromatic N) is 2. The molecule has 0 fully saturated rings. The molecule has 0 spiro atoms. The van der Waals surface area contributed by atoms with Crippen molar-refractivity contribution in [2.24, 2.45) is 0 Å². The van der Waals surface area contributed by atoms with Crippen LogP contribution in [-0.2, 0) is 32.6 Å². The standard InChI is InChI=1S/C29H33Br2N3O4S/c1-4-21(2)32-29(36)27(17-22-9-6-5-7-10-22)33(19-23-13-15-24(30)16-14-23)28(35)20-34(39(3,37)38)26-12-8-11-25(31)18-26/h5-16,18,21,27H,4,17,19-20H2,1-3H3,(H,32,36)/t21-,27+/m1/s1. The minimum absolute atomic E-state index is 0.0883. The predicted molar refractivity (Wildman–Crippen MR) is 163 cm³/mol. The van der Waals surface area contributed by atoms with Crippen LogP contribution < -0.4 is 9.62 Å². The van der Waals surface area contributed by atoms with Crippen LogP contribution in [0.25, 0.3) is 0 Å². The molecular weight excluding hydrogens is 646 g/mol. The molecule has 2 atom stereocenters. The SMILES string of the molecule is CC[C@@H](C)NC(=O)[C@H](Cc1ccccc1)N(Cc1ccc(Br)cc1)C(=O)CN(c1cccc(Br)c1)S(C)(=O)=O. The number of anilines is 1. The van der Waals surface area contributed by atoms with Gasteiger partial charge in [-0.25, -0.2) is 8.42 Å². The third kappa shape index (κ3) is 9.19. The van der Waals surface area contributed by atoms with Crippen LogP contribution in [0.1, 0.15) is 31.4 Å². The lowest BCUT2D eigenvalue weighted by molar-refractivity contribution is -0.140. The topological polar surface area (TPSA) is 86.8 Å². The van der Waals surface area contributed by atoms with E-state index in [-0.39, 0.29) is 24.9 Å². The third-order valence-corrected chi connectivity index (χ3v) is 8.48. The molecule has 0 aliphatic carbocycles. The van der Waals surface area contributed by atoms with Gasteiger partial charge in [-0.2, -0.15) is 0 Å². The van der Waals surface area contributed by atoms with Crippen molar-refractivity contribution < 1.29 is 18.0 Å². The average molecular weight is 679 g/mol. The van der Waals surface area contributed by atoms with Crippen LogP contribution in [-0.4, -0.2) is 50.0 Å². The van der Waals surface area contributed by atoms with E-state index in [1.165, 1.54) is 4.90 Å². The molecular formula is C29H33Br2N3O4S. The van der Waals surface area contributed by atoms with Gasteiger partial charge in [0.2, 0.25) is 21.8 Å². The fourth-order valence-electron chi connectivity index (χ4n) is 4.03. The van der Waals surface area contributed by atoms with Gasteiger partial charge >= 0.3 is 0 Å². The van der Waals surface area contributed by atoms with Crippen LogP contribution >= 0.6 is 31.9 Å². The zero-order valence-corrected chi connectivity index (χ0v) is 26.2. The zero-order chi connectivity index (χ0) is 28.6. The second-order valence-corrected chi connectivity index (χ2v) is 13.2. The van der Waals surface area contributed by atoms with Gasteiger partial charge in [0.15, 0.2) is 0 Å². The van der Waals surface area contributed by atoms with E-state index in [9.17, 15) is 18.0 Å². The molecule has 0 aliphatic rings. The summed E-state index contributed by atoms with van der Waals surface area (Å²) in [5.41, 5.74) is 2.06. The van der Waals surface area contributed by atoms with Crippen molar-refractivity contribution in [1.82, 2.24) is 10.2 Å². The lowest BCUT2D eigenvalue weighted by atomic mass is 10.0. The minimum atomic E-state index is -3.81. The second kappa shape index (κ2) is 14.1. The number of hydrogen-bond donors (Lipinski definition) is 1. The van der Waals surface area contributed by atoms with E-state index >= 15 is 0 Å². The van der Waals surface area contributed by atoms with E-state index in [0.717, 1.165) is 32.6 Å². The molecule has 1 N–H and O–H groups in total. The minimum Gasteiger partial charge on any atom is -0.352 e. The van der Waals surface area contributed by atoms with E-state index < -0.39 is 28.5 Å². The Labute approximate surface area is 247 Å². The molecule has 208 valence electrons. The molecule has 0 unspecified atom stereocenters. The first kappa shape index (κ1) is 30.8. The lowest BCUT2D eigenvalue weighted by Crippen LogP contribution is -2.54. The number of hydrogen-bond acceptors (Lipinski definition) is 4. The van der Waals surface area contributed by atoms with Crippen molar-refractivity contribution >= 4 is 59.4 Å². The molecule has 0 heterocycles. The van der Waals surface area contributed by atoms with Crippen LogP contribution in [0, 0.1) is 0 Å². The monoisotopic (exact) mass is 677 g/mol. The number of carbonyl (C=O) groups excluding carboxylic acids is 2. The summed E-state index contributed by atoms with van der Waals surface area (Å²) in [5.74, 6) is -0.768. The largest absolute Gasteiger partial charge is 0.352 e. The molecule has 0 saturated heterocycles. The highest BCUT2D eigenvalue weighted by Gasteiger charge is 2.33. The van der Waals surface area contributed by atoms with Gasteiger partial charge in [0.1, 0.15) is 12.6 Å². The summed E-state index contributed by atoms with van der Waals surface area (Å²) in [6, 6.07) is 22.8. The van der Waals surface area contributed by atoms with Crippen molar-refractivity contribution in [3.05, 3.63) is 98.9 Å². The van der Waals surface area contributed by atoms with Crippen LogP contribution in [0.15, 0.2) is 87.8 Å². The summed E-state index contributed by atoms with van der Waals surface area (Å²) in [7, 11) is -3.81. The maximum atomic E-state index is 14.0. The van der Waals surface area contributed by atoms with Gasteiger partial charge in [0, 0.05) is 28.0 Å². The summed E-state index contributed by atoms with van der Waals surface area (Å²) < 4.78 is 28.3. The van der Waals surface area contributed by atoms with E-state index in [1.54, 1.807) is 24.3 Å². The Bertz CT molecular complexity index is 1370. The molecule has 10 heteroatoms. The molecule has 0 aromatic heterocycles. The fraction of sp³-hybridized carbons (Fsp3) is 0.310. The first-order valence-corrected chi connectivity index (χ1v) is 16.0. The van der Waals surface area contributed by atoms with E-state index in [1.807, 2.05) is 68.4 Å². The Morgan fingerprint density at radius 2 is 1.56 bits per heavy atom. The first-order valence-electron chi connectivity index (χ1n) is 12.6. The Morgan fingerprint density at radius 1 is 0.897 bits per heavy atom. The Morgan fingerprint density at radius 3 is 2.15 bits per heavy atom. The van der Waals surface area contributed by atoms with Gasteiger partial charge in [-0.1, -0.05) is 87.3 Å². The molecule has 0 bridgehead atoms. The number of benzene rings is 3.